The van der Waals surface area contributed by atoms with Crippen LogP contribution in [0.2, 0.25) is 0 Å². The van der Waals surface area contributed by atoms with Crippen molar-refractivity contribution in [2.75, 3.05) is 0 Å². The minimum absolute atomic E-state index is 0.0197. The van der Waals surface area contributed by atoms with E-state index >= 15 is 0 Å². The Morgan fingerprint density at radius 2 is 1.95 bits per heavy atom. The van der Waals surface area contributed by atoms with Gasteiger partial charge in [0.05, 0.1) is 5.69 Å². The Labute approximate surface area is 112 Å². The molecule has 0 unspecified atom stereocenters. The minimum atomic E-state index is 0.0197. The SMILES string of the molecule is Cc1ccnc(-c2ccc(C(=O)NC3CC3)cc2)c1. The van der Waals surface area contributed by atoms with Gasteiger partial charge in [-0.05, 0) is 49.6 Å². The van der Waals surface area contributed by atoms with E-state index in [4.69, 9.17) is 0 Å². The summed E-state index contributed by atoms with van der Waals surface area (Å²) in [5.41, 5.74) is 3.87. The van der Waals surface area contributed by atoms with Crippen molar-refractivity contribution in [2.45, 2.75) is 25.8 Å². The summed E-state index contributed by atoms with van der Waals surface area (Å²) in [5, 5.41) is 2.98. The molecule has 3 heteroatoms. The molecule has 1 aromatic heterocycles. The number of aromatic nitrogens is 1. The third kappa shape index (κ3) is 2.81. The van der Waals surface area contributed by atoms with E-state index in [0.717, 1.165) is 24.1 Å². The van der Waals surface area contributed by atoms with Gasteiger partial charge in [-0.3, -0.25) is 9.78 Å². The number of aryl methyl sites for hydroxylation is 1. The molecule has 1 aliphatic rings. The third-order valence-corrected chi connectivity index (χ3v) is 3.27. The summed E-state index contributed by atoms with van der Waals surface area (Å²) < 4.78 is 0. The molecule has 3 rings (SSSR count). The van der Waals surface area contributed by atoms with Gasteiger partial charge in [0.15, 0.2) is 0 Å². The number of rotatable bonds is 3. The van der Waals surface area contributed by atoms with E-state index in [1.54, 1.807) is 6.20 Å². The van der Waals surface area contributed by atoms with Crippen molar-refractivity contribution in [3.63, 3.8) is 0 Å². The van der Waals surface area contributed by atoms with Gasteiger partial charge < -0.3 is 5.32 Å². The Kier molecular flexibility index (Phi) is 3.03. The van der Waals surface area contributed by atoms with Crippen molar-refractivity contribution in [3.05, 3.63) is 53.7 Å². The second kappa shape index (κ2) is 4.84. The first-order chi connectivity index (χ1) is 9.22. The Hall–Kier alpha value is -2.16. The molecule has 0 spiro atoms. The molecule has 3 nitrogen and oxygen atoms in total. The molecule has 1 saturated carbocycles. The van der Waals surface area contributed by atoms with Crippen LogP contribution in [-0.2, 0) is 0 Å². The van der Waals surface area contributed by atoms with Gasteiger partial charge in [-0.2, -0.15) is 0 Å². The van der Waals surface area contributed by atoms with E-state index in [1.807, 2.05) is 43.3 Å². The lowest BCUT2D eigenvalue weighted by Gasteiger charge is -2.05. The fourth-order valence-electron chi connectivity index (χ4n) is 1.98. The summed E-state index contributed by atoms with van der Waals surface area (Å²) in [6, 6.07) is 12.0. The van der Waals surface area contributed by atoms with Crippen molar-refractivity contribution in [2.24, 2.45) is 0 Å². The monoisotopic (exact) mass is 252 g/mol. The van der Waals surface area contributed by atoms with E-state index < -0.39 is 0 Å². The first-order valence-electron chi connectivity index (χ1n) is 6.56. The van der Waals surface area contributed by atoms with Crippen molar-refractivity contribution >= 4 is 5.91 Å². The van der Waals surface area contributed by atoms with Crippen molar-refractivity contribution in [1.29, 1.82) is 0 Å². The van der Waals surface area contributed by atoms with Gasteiger partial charge in [0.1, 0.15) is 0 Å². The molecule has 96 valence electrons. The number of pyridine rings is 1. The van der Waals surface area contributed by atoms with E-state index in [0.29, 0.717) is 11.6 Å². The molecule has 0 atom stereocenters. The number of hydrogen-bond acceptors (Lipinski definition) is 2. The predicted molar refractivity (Wildman–Crippen MR) is 74.9 cm³/mol. The lowest BCUT2D eigenvalue weighted by atomic mass is 10.1. The Morgan fingerprint density at radius 1 is 1.21 bits per heavy atom. The van der Waals surface area contributed by atoms with Crippen molar-refractivity contribution in [3.8, 4) is 11.3 Å². The quantitative estimate of drug-likeness (QED) is 0.912. The Bertz CT molecular complexity index is 600. The maximum Gasteiger partial charge on any atom is 0.251 e. The molecular formula is C16H16N2O. The zero-order chi connectivity index (χ0) is 13.2. The standard InChI is InChI=1S/C16H16N2O/c1-11-8-9-17-15(10-11)12-2-4-13(5-3-12)16(19)18-14-6-7-14/h2-5,8-10,14H,6-7H2,1H3,(H,18,19). The molecule has 1 heterocycles. The van der Waals surface area contributed by atoms with E-state index in [-0.39, 0.29) is 5.91 Å². The number of amides is 1. The lowest BCUT2D eigenvalue weighted by molar-refractivity contribution is 0.0951. The predicted octanol–water partition coefficient (Wildman–Crippen LogP) is 2.95. The van der Waals surface area contributed by atoms with Crippen molar-refractivity contribution in [1.82, 2.24) is 10.3 Å². The number of nitrogens with zero attached hydrogens (tertiary/aromatic N) is 1. The van der Waals surface area contributed by atoms with Crippen LogP contribution in [0, 0.1) is 6.92 Å². The summed E-state index contributed by atoms with van der Waals surface area (Å²) in [4.78, 5) is 16.2. The molecule has 19 heavy (non-hydrogen) atoms. The maximum atomic E-state index is 11.9. The number of carbonyl (C=O) groups is 1. The molecule has 0 radical (unpaired) electrons. The molecular weight excluding hydrogens is 236 g/mol. The first-order valence-corrected chi connectivity index (χ1v) is 6.56. The summed E-state index contributed by atoms with van der Waals surface area (Å²) in [7, 11) is 0. The summed E-state index contributed by atoms with van der Waals surface area (Å²) in [6.07, 6.45) is 4.02. The number of benzene rings is 1. The molecule has 0 aliphatic heterocycles. The van der Waals surface area contributed by atoms with Crippen LogP contribution < -0.4 is 5.32 Å². The second-order valence-corrected chi connectivity index (χ2v) is 5.04. The van der Waals surface area contributed by atoms with Crippen LogP contribution in [0.15, 0.2) is 42.6 Å². The summed E-state index contributed by atoms with van der Waals surface area (Å²) in [5.74, 6) is 0.0197. The Balaban J connectivity index is 1.80. The number of carbonyl (C=O) groups excluding carboxylic acids is 1. The van der Waals surface area contributed by atoms with E-state index in [2.05, 4.69) is 10.3 Å². The molecule has 0 saturated heterocycles. The third-order valence-electron chi connectivity index (χ3n) is 3.27. The van der Waals surface area contributed by atoms with Crippen LogP contribution in [0.3, 0.4) is 0 Å². The largest absolute Gasteiger partial charge is 0.349 e. The highest BCUT2D eigenvalue weighted by Crippen LogP contribution is 2.21. The fourth-order valence-corrected chi connectivity index (χ4v) is 1.98. The van der Waals surface area contributed by atoms with Crippen LogP contribution in [0.25, 0.3) is 11.3 Å². The Morgan fingerprint density at radius 3 is 2.58 bits per heavy atom. The fraction of sp³-hybridized carbons (Fsp3) is 0.250. The average molecular weight is 252 g/mol. The van der Waals surface area contributed by atoms with Crippen LogP contribution in [0.1, 0.15) is 28.8 Å². The first kappa shape index (κ1) is 11.9. The van der Waals surface area contributed by atoms with Gasteiger partial charge in [0.2, 0.25) is 0 Å². The zero-order valence-electron chi connectivity index (χ0n) is 10.9. The summed E-state index contributed by atoms with van der Waals surface area (Å²) in [6.45, 7) is 2.04. The summed E-state index contributed by atoms with van der Waals surface area (Å²) >= 11 is 0. The van der Waals surface area contributed by atoms with Crippen LogP contribution in [0.5, 0.6) is 0 Å². The number of nitrogens with one attached hydrogen (secondary N) is 1. The second-order valence-electron chi connectivity index (χ2n) is 5.04. The van der Waals surface area contributed by atoms with E-state index in [1.165, 1.54) is 5.56 Å². The van der Waals surface area contributed by atoms with Crippen LogP contribution >= 0.6 is 0 Å². The van der Waals surface area contributed by atoms with Crippen molar-refractivity contribution < 1.29 is 4.79 Å². The molecule has 2 aromatic rings. The molecule has 1 aromatic carbocycles. The van der Waals surface area contributed by atoms with E-state index in [9.17, 15) is 4.79 Å². The highest BCUT2D eigenvalue weighted by atomic mass is 16.1. The smallest absolute Gasteiger partial charge is 0.251 e. The molecule has 1 amide bonds. The van der Waals surface area contributed by atoms with Gasteiger partial charge in [0, 0.05) is 23.4 Å². The van der Waals surface area contributed by atoms with Gasteiger partial charge in [-0.25, -0.2) is 0 Å². The van der Waals surface area contributed by atoms with Gasteiger partial charge in [-0.1, -0.05) is 12.1 Å². The maximum absolute atomic E-state index is 11.9. The van der Waals surface area contributed by atoms with Gasteiger partial charge in [-0.15, -0.1) is 0 Å². The molecule has 1 N–H and O–H groups in total. The van der Waals surface area contributed by atoms with Crippen LogP contribution in [0.4, 0.5) is 0 Å². The topological polar surface area (TPSA) is 42.0 Å². The highest BCUT2D eigenvalue weighted by molar-refractivity contribution is 5.95. The highest BCUT2D eigenvalue weighted by Gasteiger charge is 2.23. The average Bonchev–Trinajstić information content (AvgIpc) is 3.23. The zero-order valence-corrected chi connectivity index (χ0v) is 10.9. The van der Waals surface area contributed by atoms with Gasteiger partial charge >= 0.3 is 0 Å². The lowest BCUT2D eigenvalue weighted by Crippen LogP contribution is -2.25. The van der Waals surface area contributed by atoms with Crippen LogP contribution in [-0.4, -0.2) is 16.9 Å². The van der Waals surface area contributed by atoms with Gasteiger partial charge in [0.25, 0.3) is 5.91 Å². The molecule has 1 fully saturated rings. The number of hydrogen-bond donors (Lipinski definition) is 1. The molecule has 1 aliphatic carbocycles. The normalized spacial score (nSPS) is 14.2. The minimum Gasteiger partial charge on any atom is -0.349 e. The molecule has 0 bridgehead atoms.